The van der Waals surface area contributed by atoms with Gasteiger partial charge >= 0.3 is 0 Å². The van der Waals surface area contributed by atoms with Crippen molar-refractivity contribution in [2.75, 3.05) is 0 Å². The van der Waals surface area contributed by atoms with E-state index in [4.69, 9.17) is 0 Å². The second kappa shape index (κ2) is 6.67. The summed E-state index contributed by atoms with van der Waals surface area (Å²) in [5.41, 5.74) is 2.91. The molecule has 0 saturated heterocycles. The normalized spacial score (nSPS) is 23.8. The largest absolute Gasteiger partial charge is 0.303 e. The third-order valence-corrected chi connectivity index (χ3v) is 3.63. The molecule has 0 amide bonds. The topological polar surface area (TPSA) is 17.1 Å². The number of carbonyl (C=O) groups is 1. The molecule has 0 N–H and O–H groups in total. The molecule has 16 heavy (non-hydrogen) atoms. The van der Waals surface area contributed by atoms with Crippen molar-refractivity contribution >= 4 is 6.29 Å². The summed E-state index contributed by atoms with van der Waals surface area (Å²) in [5, 5.41) is 0. The summed E-state index contributed by atoms with van der Waals surface area (Å²) in [4.78, 5) is 10.3. The Balaban J connectivity index is 2.45. The van der Waals surface area contributed by atoms with E-state index >= 15 is 0 Å². The second-order valence-electron chi connectivity index (χ2n) is 5.16. The molecule has 0 aliphatic heterocycles. The fourth-order valence-corrected chi connectivity index (χ4v) is 2.42. The smallest absolute Gasteiger partial charge is 0.120 e. The van der Waals surface area contributed by atoms with Gasteiger partial charge in [-0.25, -0.2) is 0 Å². The highest BCUT2D eigenvalue weighted by atomic mass is 16.1. The molecule has 0 aromatic heterocycles. The lowest BCUT2D eigenvalue weighted by molar-refractivity contribution is -0.107. The van der Waals surface area contributed by atoms with Crippen LogP contribution in [0.25, 0.3) is 0 Å². The average molecular weight is 220 g/mol. The highest BCUT2D eigenvalue weighted by Crippen LogP contribution is 2.30. The van der Waals surface area contributed by atoms with Crippen molar-refractivity contribution in [3.8, 4) is 0 Å². The van der Waals surface area contributed by atoms with Gasteiger partial charge in [0.15, 0.2) is 0 Å². The minimum Gasteiger partial charge on any atom is -0.303 e. The van der Waals surface area contributed by atoms with Crippen LogP contribution >= 0.6 is 0 Å². The molecular weight excluding hydrogens is 196 g/mol. The number of hydrogen-bond donors (Lipinski definition) is 0. The number of rotatable bonds is 5. The lowest BCUT2D eigenvalue weighted by Gasteiger charge is -2.25. The Morgan fingerprint density at radius 2 is 2.38 bits per heavy atom. The molecule has 0 bridgehead atoms. The van der Waals surface area contributed by atoms with Crippen molar-refractivity contribution in [2.45, 2.75) is 52.9 Å². The van der Waals surface area contributed by atoms with Crippen molar-refractivity contribution in [3.05, 3.63) is 23.3 Å². The summed E-state index contributed by atoms with van der Waals surface area (Å²) >= 11 is 0. The van der Waals surface area contributed by atoms with Crippen LogP contribution in [0, 0.1) is 11.8 Å². The molecule has 0 saturated carbocycles. The molecule has 1 aliphatic rings. The van der Waals surface area contributed by atoms with Crippen molar-refractivity contribution in [2.24, 2.45) is 11.8 Å². The van der Waals surface area contributed by atoms with Gasteiger partial charge in [0.1, 0.15) is 6.29 Å². The summed E-state index contributed by atoms with van der Waals surface area (Å²) in [6.07, 6.45) is 11.2. The van der Waals surface area contributed by atoms with Gasteiger partial charge in [0.2, 0.25) is 0 Å². The number of hydrogen-bond acceptors (Lipinski definition) is 1. The Hall–Kier alpha value is -0.850. The first kappa shape index (κ1) is 13.2. The fourth-order valence-electron chi connectivity index (χ4n) is 2.42. The van der Waals surface area contributed by atoms with Gasteiger partial charge in [-0.1, -0.05) is 30.2 Å². The summed E-state index contributed by atoms with van der Waals surface area (Å²) in [6.45, 7) is 6.68. The summed E-state index contributed by atoms with van der Waals surface area (Å²) in [6, 6.07) is 0. The molecule has 1 rings (SSSR count). The van der Waals surface area contributed by atoms with Crippen molar-refractivity contribution < 1.29 is 4.79 Å². The van der Waals surface area contributed by atoms with Gasteiger partial charge in [0.25, 0.3) is 0 Å². The Morgan fingerprint density at radius 1 is 1.62 bits per heavy atom. The van der Waals surface area contributed by atoms with E-state index in [1.165, 1.54) is 24.8 Å². The van der Waals surface area contributed by atoms with Crippen LogP contribution in [0.3, 0.4) is 0 Å². The van der Waals surface area contributed by atoms with Gasteiger partial charge in [-0.15, -0.1) is 0 Å². The van der Waals surface area contributed by atoms with Crippen LogP contribution < -0.4 is 0 Å². The van der Waals surface area contributed by atoms with Crippen LogP contribution in [0.1, 0.15) is 52.9 Å². The molecule has 0 radical (unpaired) electrons. The lowest BCUT2D eigenvalue weighted by atomic mass is 9.81. The Bertz CT molecular complexity index is 286. The molecule has 0 spiro atoms. The predicted octanol–water partition coefficient (Wildman–Crippen LogP) is 4.29. The minimum atomic E-state index is 0.649. The van der Waals surface area contributed by atoms with Gasteiger partial charge in [-0.3, -0.25) is 0 Å². The zero-order valence-corrected chi connectivity index (χ0v) is 10.8. The molecule has 0 fully saturated rings. The van der Waals surface area contributed by atoms with Gasteiger partial charge in [-0.2, -0.15) is 0 Å². The lowest BCUT2D eigenvalue weighted by Crippen LogP contribution is -2.12. The highest BCUT2D eigenvalue weighted by molar-refractivity contribution is 5.49. The molecule has 0 aromatic carbocycles. The predicted molar refractivity (Wildman–Crippen MR) is 69.3 cm³/mol. The highest BCUT2D eigenvalue weighted by Gasteiger charge is 2.17. The van der Waals surface area contributed by atoms with E-state index in [1.807, 2.05) is 0 Å². The van der Waals surface area contributed by atoms with E-state index in [-0.39, 0.29) is 0 Å². The van der Waals surface area contributed by atoms with E-state index in [0.717, 1.165) is 18.6 Å². The molecular formula is C15H24O. The minimum absolute atomic E-state index is 0.649. The maximum absolute atomic E-state index is 10.3. The first-order valence-corrected chi connectivity index (χ1v) is 6.40. The van der Waals surface area contributed by atoms with Crippen molar-refractivity contribution in [3.63, 3.8) is 0 Å². The Labute approximate surface area is 99.6 Å². The zero-order chi connectivity index (χ0) is 12.0. The second-order valence-corrected chi connectivity index (χ2v) is 5.16. The fraction of sp³-hybridized carbons (Fsp3) is 0.667. The SMILES string of the molecule is CC(=CC(C)C1CC=C(C)CC1)CCC=O. The standard InChI is InChI=1S/C15H24O/c1-12-6-8-15(9-7-12)14(3)11-13(2)5-4-10-16/h6,10-11,14-15H,4-5,7-9H2,1-3H3. The number of aldehydes is 1. The monoisotopic (exact) mass is 220 g/mol. The van der Waals surface area contributed by atoms with Crippen LogP contribution in [-0.2, 0) is 4.79 Å². The molecule has 1 aliphatic carbocycles. The molecule has 2 atom stereocenters. The van der Waals surface area contributed by atoms with Crippen LogP contribution in [0.15, 0.2) is 23.3 Å². The van der Waals surface area contributed by atoms with Gasteiger partial charge in [-0.05, 0) is 51.4 Å². The van der Waals surface area contributed by atoms with E-state index in [0.29, 0.717) is 12.3 Å². The third kappa shape index (κ3) is 4.34. The van der Waals surface area contributed by atoms with E-state index in [1.54, 1.807) is 5.57 Å². The third-order valence-electron chi connectivity index (χ3n) is 3.63. The Kier molecular flexibility index (Phi) is 5.51. The van der Waals surface area contributed by atoms with Crippen LogP contribution in [0.4, 0.5) is 0 Å². The summed E-state index contributed by atoms with van der Waals surface area (Å²) in [7, 11) is 0. The number of allylic oxidation sites excluding steroid dienone is 4. The van der Waals surface area contributed by atoms with E-state index in [9.17, 15) is 4.79 Å². The van der Waals surface area contributed by atoms with E-state index < -0.39 is 0 Å². The molecule has 2 unspecified atom stereocenters. The van der Waals surface area contributed by atoms with Gasteiger partial charge < -0.3 is 4.79 Å². The maximum atomic E-state index is 10.3. The zero-order valence-electron chi connectivity index (χ0n) is 10.8. The Morgan fingerprint density at radius 3 is 2.94 bits per heavy atom. The summed E-state index contributed by atoms with van der Waals surface area (Å²) in [5.74, 6) is 1.45. The van der Waals surface area contributed by atoms with Gasteiger partial charge in [0.05, 0.1) is 0 Å². The van der Waals surface area contributed by atoms with Crippen LogP contribution in [0.2, 0.25) is 0 Å². The first-order valence-electron chi connectivity index (χ1n) is 6.40. The molecule has 0 heterocycles. The van der Waals surface area contributed by atoms with Crippen molar-refractivity contribution in [1.29, 1.82) is 0 Å². The molecule has 90 valence electrons. The summed E-state index contributed by atoms with van der Waals surface area (Å²) < 4.78 is 0. The van der Waals surface area contributed by atoms with Gasteiger partial charge in [0, 0.05) is 6.42 Å². The quantitative estimate of drug-likeness (QED) is 0.499. The van der Waals surface area contributed by atoms with Crippen molar-refractivity contribution in [1.82, 2.24) is 0 Å². The van der Waals surface area contributed by atoms with Crippen LogP contribution in [-0.4, -0.2) is 6.29 Å². The first-order chi connectivity index (χ1) is 7.63. The maximum Gasteiger partial charge on any atom is 0.120 e. The molecule has 1 nitrogen and oxygen atoms in total. The number of carbonyl (C=O) groups excluding carboxylic acids is 1. The molecule has 1 heteroatoms. The average Bonchev–Trinajstić information content (AvgIpc) is 2.27. The molecule has 0 aromatic rings. The van der Waals surface area contributed by atoms with E-state index in [2.05, 4.69) is 32.9 Å². The van der Waals surface area contributed by atoms with Crippen LogP contribution in [0.5, 0.6) is 0 Å².